The standard InChI is InChI=1S/C12H19F3N4O/c1-4-19-7-10(5-17-19)6-18(3)9(2)11(20)16-8-12(13,14)15/h5,7,9H,4,6,8H2,1-3H3,(H,16,20)/t9-/m0/s1. The van der Waals surface area contributed by atoms with Crippen LogP contribution in [0.4, 0.5) is 13.2 Å². The van der Waals surface area contributed by atoms with Crippen LogP contribution >= 0.6 is 0 Å². The van der Waals surface area contributed by atoms with Gasteiger partial charge in [-0.2, -0.15) is 18.3 Å². The molecular weight excluding hydrogens is 273 g/mol. The number of carbonyl (C=O) groups is 1. The second-order valence-electron chi connectivity index (χ2n) is 4.63. The third-order valence-electron chi connectivity index (χ3n) is 2.95. The Labute approximate surface area is 115 Å². The third-order valence-corrected chi connectivity index (χ3v) is 2.95. The van der Waals surface area contributed by atoms with Gasteiger partial charge < -0.3 is 5.32 Å². The third kappa shape index (κ3) is 5.20. The Morgan fingerprint density at radius 1 is 1.55 bits per heavy atom. The van der Waals surface area contributed by atoms with Gasteiger partial charge in [-0.1, -0.05) is 0 Å². The molecule has 1 heterocycles. The molecule has 0 radical (unpaired) electrons. The molecule has 0 saturated carbocycles. The number of aryl methyl sites for hydroxylation is 1. The van der Waals surface area contributed by atoms with E-state index in [9.17, 15) is 18.0 Å². The lowest BCUT2D eigenvalue weighted by Crippen LogP contribution is -2.45. The van der Waals surface area contributed by atoms with E-state index < -0.39 is 24.7 Å². The van der Waals surface area contributed by atoms with E-state index in [2.05, 4.69) is 5.10 Å². The van der Waals surface area contributed by atoms with Crippen LogP contribution in [0.3, 0.4) is 0 Å². The van der Waals surface area contributed by atoms with Gasteiger partial charge in [0.1, 0.15) is 6.54 Å². The minimum Gasteiger partial charge on any atom is -0.346 e. The molecule has 1 aromatic heterocycles. The van der Waals surface area contributed by atoms with Crippen LogP contribution in [0, 0.1) is 0 Å². The van der Waals surface area contributed by atoms with E-state index in [4.69, 9.17) is 0 Å². The first-order chi connectivity index (χ1) is 9.23. The van der Waals surface area contributed by atoms with Gasteiger partial charge >= 0.3 is 6.18 Å². The van der Waals surface area contributed by atoms with Crippen molar-refractivity contribution < 1.29 is 18.0 Å². The van der Waals surface area contributed by atoms with Crippen molar-refractivity contribution in [1.82, 2.24) is 20.0 Å². The van der Waals surface area contributed by atoms with Gasteiger partial charge in [-0.3, -0.25) is 14.4 Å². The monoisotopic (exact) mass is 292 g/mol. The molecule has 0 bridgehead atoms. The number of hydrogen-bond donors (Lipinski definition) is 1. The summed E-state index contributed by atoms with van der Waals surface area (Å²) in [5.74, 6) is -0.646. The Kier molecular flexibility index (Phi) is 5.55. The van der Waals surface area contributed by atoms with Crippen LogP contribution in [0.2, 0.25) is 0 Å². The molecule has 1 amide bonds. The summed E-state index contributed by atoms with van der Waals surface area (Å²) in [6.07, 6.45) is -0.868. The molecule has 0 fully saturated rings. The van der Waals surface area contributed by atoms with Crippen LogP contribution in [0.5, 0.6) is 0 Å². The molecule has 20 heavy (non-hydrogen) atoms. The fraction of sp³-hybridized carbons (Fsp3) is 0.667. The van der Waals surface area contributed by atoms with Gasteiger partial charge in [-0.05, 0) is 20.9 Å². The topological polar surface area (TPSA) is 50.2 Å². The highest BCUT2D eigenvalue weighted by atomic mass is 19.4. The normalized spacial score (nSPS) is 13.6. The molecule has 1 rings (SSSR count). The lowest BCUT2D eigenvalue weighted by Gasteiger charge is -2.23. The molecule has 8 heteroatoms. The zero-order valence-electron chi connectivity index (χ0n) is 11.7. The molecule has 1 N–H and O–H groups in total. The molecule has 1 aromatic rings. The number of alkyl halides is 3. The van der Waals surface area contributed by atoms with E-state index in [1.165, 1.54) is 0 Å². The fourth-order valence-corrected chi connectivity index (χ4v) is 1.62. The van der Waals surface area contributed by atoms with E-state index in [0.717, 1.165) is 12.1 Å². The van der Waals surface area contributed by atoms with E-state index in [-0.39, 0.29) is 0 Å². The van der Waals surface area contributed by atoms with Crippen LogP contribution in [0.1, 0.15) is 19.4 Å². The minimum atomic E-state index is -4.39. The fourth-order valence-electron chi connectivity index (χ4n) is 1.62. The molecule has 0 spiro atoms. The van der Waals surface area contributed by atoms with Gasteiger partial charge in [0.2, 0.25) is 5.91 Å². The lowest BCUT2D eigenvalue weighted by molar-refractivity contribution is -0.141. The number of hydrogen-bond acceptors (Lipinski definition) is 3. The molecule has 0 saturated heterocycles. The second kappa shape index (κ2) is 6.74. The van der Waals surface area contributed by atoms with Gasteiger partial charge in [-0.25, -0.2) is 0 Å². The Morgan fingerprint density at radius 2 is 2.20 bits per heavy atom. The lowest BCUT2D eigenvalue weighted by atomic mass is 10.2. The zero-order valence-corrected chi connectivity index (χ0v) is 11.7. The molecule has 1 atom stereocenters. The second-order valence-corrected chi connectivity index (χ2v) is 4.63. The summed E-state index contributed by atoms with van der Waals surface area (Å²) in [5, 5.41) is 5.98. The van der Waals surface area contributed by atoms with E-state index in [1.807, 2.05) is 18.4 Å². The first kappa shape index (κ1) is 16.5. The van der Waals surface area contributed by atoms with Crippen LogP contribution in [-0.4, -0.2) is 46.4 Å². The smallest absolute Gasteiger partial charge is 0.346 e. The largest absolute Gasteiger partial charge is 0.405 e. The van der Waals surface area contributed by atoms with Crippen LogP contribution in [0.25, 0.3) is 0 Å². The number of nitrogens with one attached hydrogen (secondary N) is 1. The predicted molar refractivity (Wildman–Crippen MR) is 67.9 cm³/mol. The van der Waals surface area contributed by atoms with Crippen molar-refractivity contribution in [3.63, 3.8) is 0 Å². The SMILES string of the molecule is CCn1cc(CN(C)[C@@H](C)C(=O)NCC(F)(F)F)cn1. The van der Waals surface area contributed by atoms with Crippen LogP contribution in [0.15, 0.2) is 12.4 Å². The highest BCUT2D eigenvalue weighted by molar-refractivity contribution is 5.81. The van der Waals surface area contributed by atoms with Gasteiger partial charge in [-0.15, -0.1) is 0 Å². The van der Waals surface area contributed by atoms with Crippen molar-refractivity contribution in [2.75, 3.05) is 13.6 Å². The van der Waals surface area contributed by atoms with Crippen molar-refractivity contribution in [2.24, 2.45) is 0 Å². The summed E-state index contributed by atoms with van der Waals surface area (Å²) < 4.78 is 37.8. The number of amides is 1. The van der Waals surface area contributed by atoms with Crippen molar-refractivity contribution in [3.8, 4) is 0 Å². The molecule has 5 nitrogen and oxygen atoms in total. The van der Waals surface area contributed by atoms with Gasteiger partial charge in [0, 0.05) is 24.8 Å². The highest BCUT2D eigenvalue weighted by Crippen LogP contribution is 2.12. The maximum atomic E-state index is 12.0. The summed E-state index contributed by atoms with van der Waals surface area (Å²) in [7, 11) is 1.68. The highest BCUT2D eigenvalue weighted by Gasteiger charge is 2.29. The van der Waals surface area contributed by atoms with Crippen molar-refractivity contribution in [2.45, 2.75) is 39.2 Å². The summed E-state index contributed by atoms with van der Waals surface area (Å²) in [4.78, 5) is 13.3. The van der Waals surface area contributed by atoms with E-state index in [0.29, 0.717) is 6.54 Å². The first-order valence-electron chi connectivity index (χ1n) is 6.29. The number of likely N-dealkylation sites (N-methyl/N-ethyl adjacent to an activating group) is 1. The number of halogens is 3. The number of rotatable bonds is 6. The summed E-state index contributed by atoms with van der Waals surface area (Å²) in [6.45, 7) is 3.40. The predicted octanol–water partition coefficient (Wildman–Crippen LogP) is 1.40. The van der Waals surface area contributed by atoms with Crippen LogP contribution in [-0.2, 0) is 17.9 Å². The average molecular weight is 292 g/mol. The van der Waals surface area contributed by atoms with Gasteiger partial charge in [0.05, 0.1) is 12.2 Å². The maximum Gasteiger partial charge on any atom is 0.405 e. The summed E-state index contributed by atoms with van der Waals surface area (Å²) >= 11 is 0. The van der Waals surface area contributed by atoms with Gasteiger partial charge in [0.25, 0.3) is 0 Å². The summed E-state index contributed by atoms with van der Waals surface area (Å²) in [6, 6.07) is -0.651. The van der Waals surface area contributed by atoms with E-state index >= 15 is 0 Å². The van der Waals surface area contributed by atoms with Gasteiger partial charge in [0.15, 0.2) is 0 Å². The molecule has 0 aliphatic heterocycles. The summed E-state index contributed by atoms with van der Waals surface area (Å²) in [5.41, 5.74) is 0.907. The van der Waals surface area contributed by atoms with Crippen molar-refractivity contribution >= 4 is 5.91 Å². The Balaban J connectivity index is 2.49. The Bertz CT molecular complexity index is 444. The molecular formula is C12H19F3N4O. The maximum absolute atomic E-state index is 12.0. The number of aromatic nitrogens is 2. The average Bonchev–Trinajstić information content (AvgIpc) is 2.81. The van der Waals surface area contributed by atoms with E-state index in [1.54, 1.807) is 29.7 Å². The quantitative estimate of drug-likeness (QED) is 0.862. The van der Waals surface area contributed by atoms with Crippen LogP contribution < -0.4 is 5.32 Å². The van der Waals surface area contributed by atoms with Crippen molar-refractivity contribution in [3.05, 3.63) is 18.0 Å². The number of carbonyl (C=O) groups excluding carboxylic acids is 1. The molecule has 0 aliphatic carbocycles. The minimum absolute atomic E-state index is 0.445. The first-order valence-corrected chi connectivity index (χ1v) is 6.29. The molecule has 0 aliphatic rings. The molecule has 114 valence electrons. The Hall–Kier alpha value is -1.57. The Morgan fingerprint density at radius 3 is 2.70 bits per heavy atom. The zero-order chi connectivity index (χ0) is 15.3. The molecule has 0 aromatic carbocycles. The molecule has 0 unspecified atom stereocenters. The number of nitrogens with zero attached hydrogens (tertiary/aromatic N) is 3. The van der Waals surface area contributed by atoms with Crippen molar-refractivity contribution in [1.29, 1.82) is 0 Å².